The Labute approximate surface area is 141 Å². The molecule has 0 aliphatic heterocycles. The average Bonchev–Trinajstić information content (AvgIpc) is 2.97. The minimum absolute atomic E-state index is 0. The highest BCUT2D eigenvalue weighted by atomic mass is 35.5. The van der Waals surface area contributed by atoms with Crippen molar-refractivity contribution < 1.29 is 4.39 Å². The molecular weight excluding hydrogens is 339 g/mol. The molecule has 0 bridgehead atoms. The molecule has 0 amide bonds. The van der Waals surface area contributed by atoms with Crippen LogP contribution in [0.3, 0.4) is 0 Å². The topological polar surface area (TPSA) is 94.1 Å². The molecule has 1 aromatic carbocycles. The molecule has 3 aromatic rings. The molecule has 9 heteroatoms. The molecule has 120 valence electrons. The van der Waals surface area contributed by atoms with Crippen LogP contribution in [-0.2, 0) is 0 Å². The maximum atomic E-state index is 13.1. The Morgan fingerprint density at radius 1 is 1.30 bits per heavy atom. The monoisotopic (exact) mass is 352 g/mol. The fourth-order valence-corrected chi connectivity index (χ4v) is 2.90. The summed E-state index contributed by atoms with van der Waals surface area (Å²) in [5, 5.41) is 7.47. The molecule has 0 radical (unpaired) electrons. The largest absolute Gasteiger partial charge is 0.369 e. The fourth-order valence-electron chi connectivity index (χ4n) is 2.07. The Morgan fingerprint density at radius 2 is 2.00 bits per heavy atom. The van der Waals surface area contributed by atoms with E-state index in [1.165, 1.54) is 18.3 Å². The summed E-state index contributed by atoms with van der Waals surface area (Å²) in [6, 6.07) is 6.13. The summed E-state index contributed by atoms with van der Waals surface area (Å²) in [4.78, 5) is 6.53. The van der Waals surface area contributed by atoms with Crippen molar-refractivity contribution >= 4 is 40.9 Å². The van der Waals surface area contributed by atoms with Gasteiger partial charge in [-0.2, -0.15) is 5.10 Å². The van der Waals surface area contributed by atoms with Crippen LogP contribution in [0.2, 0.25) is 0 Å². The lowest BCUT2D eigenvalue weighted by atomic mass is 10.1. The van der Waals surface area contributed by atoms with Crippen molar-refractivity contribution in [3.63, 3.8) is 0 Å². The van der Waals surface area contributed by atoms with Gasteiger partial charge in [0.1, 0.15) is 5.82 Å². The number of fused-ring (bicyclic) bond motifs is 1. The standard InChI is InChI=1S/C14H13FN6S.ClH/c1-8-7-21-11(6-18-20-13(16)17)12(19-14(21)22-8)9-2-4-10(15)5-3-9;/h2-7H,1H3,(H4,16,17,20);1H/b18-6+;. The number of hydrogen-bond acceptors (Lipinski definition) is 4. The van der Waals surface area contributed by atoms with E-state index in [1.807, 2.05) is 17.5 Å². The van der Waals surface area contributed by atoms with Gasteiger partial charge in [0.25, 0.3) is 0 Å². The minimum Gasteiger partial charge on any atom is -0.369 e. The summed E-state index contributed by atoms with van der Waals surface area (Å²) in [6.45, 7) is 1.99. The normalized spacial score (nSPS) is 10.9. The molecule has 23 heavy (non-hydrogen) atoms. The van der Waals surface area contributed by atoms with Crippen LogP contribution in [0.15, 0.2) is 40.7 Å². The van der Waals surface area contributed by atoms with E-state index in [0.29, 0.717) is 5.69 Å². The van der Waals surface area contributed by atoms with E-state index in [4.69, 9.17) is 11.5 Å². The summed E-state index contributed by atoms with van der Waals surface area (Å²) < 4.78 is 15.0. The van der Waals surface area contributed by atoms with Crippen molar-refractivity contribution in [2.45, 2.75) is 6.92 Å². The van der Waals surface area contributed by atoms with Gasteiger partial charge in [0, 0.05) is 16.6 Å². The summed E-state index contributed by atoms with van der Waals surface area (Å²) in [6.07, 6.45) is 3.49. The van der Waals surface area contributed by atoms with E-state index >= 15 is 0 Å². The fraction of sp³-hybridized carbons (Fsp3) is 0.0714. The summed E-state index contributed by atoms with van der Waals surface area (Å²) in [7, 11) is 0. The van der Waals surface area contributed by atoms with Crippen LogP contribution in [0.1, 0.15) is 10.6 Å². The van der Waals surface area contributed by atoms with Gasteiger partial charge in [-0.3, -0.25) is 4.40 Å². The molecule has 0 aliphatic carbocycles. The zero-order chi connectivity index (χ0) is 15.7. The molecule has 0 saturated heterocycles. The lowest BCUT2D eigenvalue weighted by Gasteiger charge is -1.99. The zero-order valence-corrected chi connectivity index (χ0v) is 13.7. The number of thiazole rings is 1. The van der Waals surface area contributed by atoms with Crippen LogP contribution in [-0.4, -0.2) is 21.6 Å². The average molecular weight is 353 g/mol. The second-order valence-corrected chi connectivity index (χ2v) is 5.83. The van der Waals surface area contributed by atoms with Crippen molar-refractivity contribution in [3.05, 3.63) is 46.9 Å². The summed E-state index contributed by atoms with van der Waals surface area (Å²) in [5.41, 5.74) is 12.8. The van der Waals surface area contributed by atoms with Gasteiger partial charge in [-0.1, -0.05) is 0 Å². The number of nitrogens with zero attached hydrogens (tertiary/aromatic N) is 4. The van der Waals surface area contributed by atoms with Gasteiger partial charge in [-0.05, 0) is 31.2 Å². The van der Waals surface area contributed by atoms with E-state index in [0.717, 1.165) is 21.1 Å². The van der Waals surface area contributed by atoms with E-state index in [-0.39, 0.29) is 24.2 Å². The lowest BCUT2D eigenvalue weighted by molar-refractivity contribution is 0.628. The zero-order valence-electron chi connectivity index (χ0n) is 12.1. The van der Waals surface area contributed by atoms with Crippen LogP contribution < -0.4 is 11.5 Å². The highest BCUT2D eigenvalue weighted by Crippen LogP contribution is 2.27. The molecular formula is C14H14ClFN6S. The molecule has 0 atom stereocenters. The Bertz CT molecular complexity index is 877. The van der Waals surface area contributed by atoms with E-state index in [1.54, 1.807) is 23.5 Å². The first-order valence-electron chi connectivity index (χ1n) is 6.41. The number of aryl methyl sites for hydroxylation is 1. The number of guanidine groups is 1. The third-order valence-corrected chi connectivity index (χ3v) is 3.85. The van der Waals surface area contributed by atoms with Gasteiger partial charge in [-0.25, -0.2) is 9.37 Å². The number of imidazole rings is 1. The predicted octanol–water partition coefficient (Wildman–Crippen LogP) is 2.54. The Morgan fingerprint density at radius 3 is 2.65 bits per heavy atom. The quantitative estimate of drug-likeness (QED) is 0.431. The highest BCUT2D eigenvalue weighted by Gasteiger charge is 2.14. The molecule has 0 aliphatic rings. The minimum atomic E-state index is -0.295. The smallest absolute Gasteiger partial charge is 0.211 e. The van der Waals surface area contributed by atoms with E-state index < -0.39 is 0 Å². The van der Waals surface area contributed by atoms with Crippen molar-refractivity contribution in [2.24, 2.45) is 21.7 Å². The van der Waals surface area contributed by atoms with Crippen LogP contribution >= 0.6 is 23.7 Å². The van der Waals surface area contributed by atoms with Crippen molar-refractivity contribution in [1.29, 1.82) is 0 Å². The van der Waals surface area contributed by atoms with Crippen LogP contribution in [0.25, 0.3) is 16.2 Å². The van der Waals surface area contributed by atoms with Gasteiger partial charge in [0.05, 0.1) is 17.6 Å². The second kappa shape index (κ2) is 6.76. The molecule has 2 aromatic heterocycles. The van der Waals surface area contributed by atoms with Crippen LogP contribution in [0.5, 0.6) is 0 Å². The van der Waals surface area contributed by atoms with Crippen LogP contribution in [0.4, 0.5) is 4.39 Å². The Hall–Kier alpha value is -2.45. The molecule has 0 unspecified atom stereocenters. The van der Waals surface area contributed by atoms with Crippen LogP contribution in [0, 0.1) is 12.7 Å². The molecule has 0 saturated carbocycles. The number of rotatable bonds is 3. The van der Waals surface area contributed by atoms with Gasteiger partial charge in [-0.15, -0.1) is 28.8 Å². The van der Waals surface area contributed by atoms with E-state index in [2.05, 4.69) is 15.2 Å². The van der Waals surface area contributed by atoms with E-state index in [9.17, 15) is 4.39 Å². The molecule has 0 spiro atoms. The third-order valence-electron chi connectivity index (χ3n) is 2.95. The Balaban J connectivity index is 0.00000192. The number of hydrogen-bond donors (Lipinski definition) is 2. The maximum Gasteiger partial charge on any atom is 0.211 e. The molecule has 3 rings (SSSR count). The Kier molecular flexibility index (Phi) is 4.97. The molecule has 0 fully saturated rings. The lowest BCUT2D eigenvalue weighted by Crippen LogP contribution is -2.21. The first kappa shape index (κ1) is 16.9. The number of nitrogens with two attached hydrogens (primary N) is 2. The first-order valence-corrected chi connectivity index (χ1v) is 7.22. The highest BCUT2D eigenvalue weighted by molar-refractivity contribution is 7.17. The maximum absolute atomic E-state index is 13.1. The van der Waals surface area contributed by atoms with Gasteiger partial charge >= 0.3 is 0 Å². The second-order valence-electron chi connectivity index (χ2n) is 4.62. The molecule has 2 heterocycles. The first-order chi connectivity index (χ1) is 10.5. The van der Waals surface area contributed by atoms with Crippen molar-refractivity contribution in [3.8, 4) is 11.3 Å². The SMILES string of the molecule is Cc1cn2c(/C=N/N=C(N)N)c(-c3ccc(F)cc3)nc2s1.Cl. The number of halogens is 2. The summed E-state index contributed by atoms with van der Waals surface area (Å²) in [5.74, 6) is -0.418. The predicted molar refractivity (Wildman–Crippen MR) is 93.9 cm³/mol. The molecule has 4 N–H and O–H groups in total. The van der Waals surface area contributed by atoms with Crippen molar-refractivity contribution in [2.75, 3.05) is 0 Å². The van der Waals surface area contributed by atoms with Crippen molar-refractivity contribution in [1.82, 2.24) is 9.38 Å². The van der Waals surface area contributed by atoms with Gasteiger partial charge < -0.3 is 11.5 Å². The van der Waals surface area contributed by atoms with Gasteiger partial charge in [0.2, 0.25) is 5.96 Å². The van der Waals surface area contributed by atoms with Gasteiger partial charge in [0.15, 0.2) is 4.96 Å². The number of aromatic nitrogens is 2. The molecule has 6 nitrogen and oxygen atoms in total. The summed E-state index contributed by atoms with van der Waals surface area (Å²) >= 11 is 1.56. The third kappa shape index (κ3) is 3.49. The number of benzene rings is 1.